The van der Waals surface area contributed by atoms with Gasteiger partial charge in [-0.1, -0.05) is 18.2 Å². The summed E-state index contributed by atoms with van der Waals surface area (Å²) < 4.78 is 9.77. The summed E-state index contributed by atoms with van der Waals surface area (Å²) in [5.41, 5.74) is 1.83. The highest BCUT2D eigenvalue weighted by Gasteiger charge is 2.06. The molecule has 0 aliphatic heterocycles. The van der Waals surface area contributed by atoms with Gasteiger partial charge in [0, 0.05) is 32.1 Å². The van der Waals surface area contributed by atoms with Crippen LogP contribution >= 0.6 is 0 Å². The number of nitrogens with zero attached hydrogens (tertiary/aromatic N) is 2. The fraction of sp³-hybridized carbons (Fsp3) is 0.211. The normalized spacial score (nSPS) is 10.5. The smallest absolute Gasteiger partial charge is 0.343 e. The molecule has 25 heavy (non-hydrogen) atoms. The molecule has 0 aliphatic carbocycles. The van der Waals surface area contributed by atoms with E-state index in [9.17, 15) is 9.59 Å². The van der Waals surface area contributed by atoms with Crippen molar-refractivity contribution in [3.63, 3.8) is 0 Å². The van der Waals surface area contributed by atoms with E-state index in [4.69, 9.17) is 4.74 Å². The highest BCUT2D eigenvalue weighted by Crippen LogP contribution is 2.13. The van der Waals surface area contributed by atoms with E-state index in [1.807, 2.05) is 12.1 Å². The van der Waals surface area contributed by atoms with E-state index in [1.54, 1.807) is 54.7 Å². The van der Waals surface area contributed by atoms with Crippen molar-refractivity contribution in [2.24, 2.45) is 0 Å². The molecule has 0 N–H and O–H groups in total. The van der Waals surface area contributed by atoms with Crippen molar-refractivity contribution in [2.75, 3.05) is 20.8 Å². The van der Waals surface area contributed by atoms with Gasteiger partial charge < -0.3 is 14.4 Å². The molecule has 130 valence electrons. The van der Waals surface area contributed by atoms with E-state index in [1.165, 1.54) is 13.2 Å². The van der Waals surface area contributed by atoms with Gasteiger partial charge in [-0.15, -0.1) is 0 Å². The first-order valence-corrected chi connectivity index (χ1v) is 7.70. The molecular formula is C19H20N2O4. The minimum atomic E-state index is -0.439. The Morgan fingerprint density at radius 1 is 1.20 bits per heavy atom. The number of rotatable bonds is 7. The second-order valence-corrected chi connectivity index (χ2v) is 5.32. The highest BCUT2D eigenvalue weighted by atomic mass is 16.6. The molecule has 6 nitrogen and oxygen atoms in total. The largest absolute Gasteiger partial charge is 0.482 e. The average molecular weight is 340 g/mol. The Hall–Kier alpha value is -3.15. The highest BCUT2D eigenvalue weighted by molar-refractivity contribution is 5.91. The summed E-state index contributed by atoms with van der Waals surface area (Å²) >= 11 is 0. The average Bonchev–Trinajstić information content (AvgIpc) is 2.65. The van der Waals surface area contributed by atoms with Crippen molar-refractivity contribution in [1.82, 2.24) is 9.88 Å². The molecular weight excluding hydrogens is 320 g/mol. The molecule has 0 fully saturated rings. The number of pyridine rings is 1. The maximum absolute atomic E-state index is 12.1. The molecule has 0 unspecified atom stereocenters. The van der Waals surface area contributed by atoms with Crippen LogP contribution in [0.15, 0.2) is 54.9 Å². The van der Waals surface area contributed by atoms with E-state index in [0.717, 1.165) is 11.1 Å². The first kappa shape index (κ1) is 18.2. The van der Waals surface area contributed by atoms with E-state index >= 15 is 0 Å². The zero-order valence-corrected chi connectivity index (χ0v) is 14.2. The minimum Gasteiger partial charge on any atom is -0.482 e. The molecule has 0 saturated carbocycles. The predicted molar refractivity (Wildman–Crippen MR) is 93.7 cm³/mol. The number of ether oxygens (including phenoxy) is 2. The van der Waals surface area contributed by atoms with Crippen molar-refractivity contribution in [3.8, 4) is 5.75 Å². The second-order valence-electron chi connectivity index (χ2n) is 5.32. The van der Waals surface area contributed by atoms with Crippen LogP contribution in [0, 0.1) is 0 Å². The number of carbonyl (C=O) groups is 2. The maximum atomic E-state index is 12.1. The number of hydrogen-bond acceptors (Lipinski definition) is 5. The number of benzene rings is 1. The van der Waals surface area contributed by atoms with Crippen LogP contribution in [-0.2, 0) is 20.9 Å². The van der Waals surface area contributed by atoms with Crippen molar-refractivity contribution >= 4 is 18.0 Å². The Morgan fingerprint density at radius 3 is 2.60 bits per heavy atom. The summed E-state index contributed by atoms with van der Waals surface area (Å²) in [4.78, 5) is 28.8. The van der Waals surface area contributed by atoms with Crippen LogP contribution in [0.5, 0.6) is 5.75 Å². The van der Waals surface area contributed by atoms with Gasteiger partial charge in [0.2, 0.25) is 5.91 Å². The van der Waals surface area contributed by atoms with Crippen LogP contribution in [0.25, 0.3) is 6.08 Å². The molecule has 0 atom stereocenters. The molecule has 6 heteroatoms. The maximum Gasteiger partial charge on any atom is 0.343 e. The van der Waals surface area contributed by atoms with E-state index in [0.29, 0.717) is 12.3 Å². The molecule has 2 rings (SSSR count). The van der Waals surface area contributed by atoms with Gasteiger partial charge in [-0.05, 0) is 35.4 Å². The predicted octanol–water partition coefficient (Wildman–Crippen LogP) is 2.31. The summed E-state index contributed by atoms with van der Waals surface area (Å²) in [7, 11) is 3.05. The van der Waals surface area contributed by atoms with Gasteiger partial charge in [0.05, 0.1) is 7.11 Å². The van der Waals surface area contributed by atoms with E-state index in [2.05, 4.69) is 9.72 Å². The van der Waals surface area contributed by atoms with E-state index in [-0.39, 0.29) is 12.5 Å². The number of methoxy groups -OCH3 is 1. The molecule has 1 heterocycles. The Kier molecular flexibility index (Phi) is 6.71. The molecule has 0 bridgehead atoms. The topological polar surface area (TPSA) is 68.7 Å². The van der Waals surface area contributed by atoms with Gasteiger partial charge in [-0.3, -0.25) is 9.78 Å². The molecule has 2 aromatic rings. The Balaban J connectivity index is 1.87. The van der Waals surface area contributed by atoms with Crippen molar-refractivity contribution in [3.05, 3.63) is 66.0 Å². The zero-order valence-electron chi connectivity index (χ0n) is 14.2. The Bertz CT molecular complexity index is 727. The Labute approximate surface area is 146 Å². The number of amides is 1. The van der Waals surface area contributed by atoms with Crippen molar-refractivity contribution < 1.29 is 19.1 Å². The van der Waals surface area contributed by atoms with Crippen LogP contribution in [0.3, 0.4) is 0 Å². The van der Waals surface area contributed by atoms with Crippen molar-refractivity contribution in [2.45, 2.75) is 6.54 Å². The second kappa shape index (κ2) is 9.22. The van der Waals surface area contributed by atoms with Crippen LogP contribution in [0.4, 0.5) is 0 Å². The fourth-order valence-electron chi connectivity index (χ4n) is 2.01. The summed E-state index contributed by atoms with van der Waals surface area (Å²) in [5.74, 6) is 0.0173. The van der Waals surface area contributed by atoms with Gasteiger partial charge in [0.1, 0.15) is 5.75 Å². The third-order valence-electron chi connectivity index (χ3n) is 3.40. The van der Waals surface area contributed by atoms with Gasteiger partial charge >= 0.3 is 5.97 Å². The molecule has 0 radical (unpaired) electrons. The van der Waals surface area contributed by atoms with Gasteiger partial charge in [-0.25, -0.2) is 4.79 Å². The minimum absolute atomic E-state index is 0.102. The fourth-order valence-corrected chi connectivity index (χ4v) is 2.01. The number of esters is 1. The lowest BCUT2D eigenvalue weighted by atomic mass is 10.2. The quantitative estimate of drug-likeness (QED) is 0.571. The number of likely N-dealkylation sites (N-methyl/N-ethyl adjacent to an activating group) is 1. The van der Waals surface area contributed by atoms with Crippen LogP contribution in [0.2, 0.25) is 0 Å². The SMILES string of the molecule is COC(=O)COc1ccc(/C=C/C(=O)N(C)Cc2cccnc2)cc1. The van der Waals surface area contributed by atoms with Gasteiger partial charge in [-0.2, -0.15) is 0 Å². The lowest BCUT2D eigenvalue weighted by Crippen LogP contribution is -2.24. The third-order valence-corrected chi connectivity index (χ3v) is 3.40. The number of carbonyl (C=O) groups excluding carboxylic acids is 2. The lowest BCUT2D eigenvalue weighted by Gasteiger charge is -2.14. The zero-order chi connectivity index (χ0) is 18.1. The van der Waals surface area contributed by atoms with Crippen molar-refractivity contribution in [1.29, 1.82) is 0 Å². The molecule has 0 aliphatic rings. The number of hydrogen-bond donors (Lipinski definition) is 0. The lowest BCUT2D eigenvalue weighted by molar-refractivity contribution is -0.142. The molecule has 0 saturated heterocycles. The summed E-state index contributed by atoms with van der Waals surface area (Å²) in [6.45, 7) is 0.362. The van der Waals surface area contributed by atoms with Crippen LogP contribution in [-0.4, -0.2) is 42.5 Å². The first-order valence-electron chi connectivity index (χ1n) is 7.70. The molecule has 1 aromatic carbocycles. The Morgan fingerprint density at radius 2 is 1.96 bits per heavy atom. The van der Waals surface area contributed by atoms with Crippen LogP contribution < -0.4 is 4.74 Å². The first-order chi connectivity index (χ1) is 12.1. The standard InChI is InChI=1S/C19H20N2O4/c1-21(13-16-4-3-11-20-12-16)18(22)10-7-15-5-8-17(9-6-15)25-14-19(23)24-2/h3-12H,13-14H2,1-2H3/b10-7+. The molecule has 0 spiro atoms. The van der Waals surface area contributed by atoms with Crippen LogP contribution in [0.1, 0.15) is 11.1 Å². The summed E-state index contributed by atoms with van der Waals surface area (Å²) in [5, 5.41) is 0. The third kappa shape index (κ3) is 6.10. The number of aromatic nitrogens is 1. The molecule has 1 amide bonds. The van der Waals surface area contributed by atoms with Gasteiger partial charge in [0.15, 0.2) is 6.61 Å². The molecule has 1 aromatic heterocycles. The van der Waals surface area contributed by atoms with Gasteiger partial charge in [0.25, 0.3) is 0 Å². The summed E-state index contributed by atoms with van der Waals surface area (Å²) in [6.07, 6.45) is 6.68. The summed E-state index contributed by atoms with van der Waals surface area (Å²) in [6, 6.07) is 10.8. The van der Waals surface area contributed by atoms with E-state index < -0.39 is 5.97 Å². The monoisotopic (exact) mass is 340 g/mol.